The van der Waals surface area contributed by atoms with Gasteiger partial charge in [0.25, 0.3) is 11.8 Å². The Morgan fingerprint density at radius 1 is 0.846 bits per heavy atom. The van der Waals surface area contributed by atoms with Gasteiger partial charge in [-0.3, -0.25) is 9.59 Å². The number of hydrogen-bond donors (Lipinski definition) is 2. The maximum atomic E-state index is 13.0. The number of esters is 1. The van der Waals surface area contributed by atoms with Crippen molar-refractivity contribution in [2.24, 2.45) is 5.10 Å². The van der Waals surface area contributed by atoms with Gasteiger partial charge in [0.05, 0.1) is 6.21 Å². The number of amides is 2. The number of hydrogen-bond acceptors (Lipinski definition) is 7. The SMILES string of the molecule is CN(C)c1ccc(/C=C(\NC(=O)c2ccccc2)C(=O)N/N=C/c2ccc(OC(=O)c3cccs3)cc2)cc1. The van der Waals surface area contributed by atoms with Crippen molar-refractivity contribution in [3.63, 3.8) is 0 Å². The van der Waals surface area contributed by atoms with Gasteiger partial charge in [-0.05, 0) is 77.2 Å². The molecule has 0 aliphatic rings. The first-order valence-electron chi connectivity index (χ1n) is 11.9. The van der Waals surface area contributed by atoms with E-state index in [0.29, 0.717) is 21.8 Å². The Morgan fingerprint density at radius 2 is 1.54 bits per heavy atom. The van der Waals surface area contributed by atoms with Gasteiger partial charge in [0.2, 0.25) is 0 Å². The van der Waals surface area contributed by atoms with Crippen LogP contribution in [-0.4, -0.2) is 38.1 Å². The topological polar surface area (TPSA) is 100 Å². The smallest absolute Gasteiger partial charge is 0.353 e. The van der Waals surface area contributed by atoms with E-state index in [-0.39, 0.29) is 5.70 Å². The Hall–Kier alpha value is -5.02. The zero-order chi connectivity index (χ0) is 27.6. The van der Waals surface area contributed by atoms with Crippen LogP contribution in [0.1, 0.15) is 31.2 Å². The fourth-order valence-corrected chi connectivity index (χ4v) is 3.98. The molecule has 0 aliphatic heterocycles. The zero-order valence-electron chi connectivity index (χ0n) is 21.3. The number of carbonyl (C=O) groups is 3. The Labute approximate surface area is 230 Å². The molecular weight excluding hydrogens is 512 g/mol. The molecule has 2 amide bonds. The summed E-state index contributed by atoms with van der Waals surface area (Å²) in [6.45, 7) is 0. The van der Waals surface area contributed by atoms with Gasteiger partial charge in [-0.1, -0.05) is 36.4 Å². The maximum Gasteiger partial charge on any atom is 0.353 e. The molecule has 8 nitrogen and oxygen atoms in total. The summed E-state index contributed by atoms with van der Waals surface area (Å²) in [5.74, 6) is -1.04. The summed E-state index contributed by atoms with van der Waals surface area (Å²) < 4.78 is 5.35. The number of ether oxygens (including phenoxy) is 1. The molecule has 4 rings (SSSR count). The Morgan fingerprint density at radius 3 is 2.18 bits per heavy atom. The monoisotopic (exact) mass is 538 g/mol. The van der Waals surface area contributed by atoms with Crippen LogP contribution in [0.5, 0.6) is 5.75 Å². The molecule has 0 saturated heterocycles. The van der Waals surface area contributed by atoms with Crippen molar-refractivity contribution in [2.75, 3.05) is 19.0 Å². The lowest BCUT2D eigenvalue weighted by Gasteiger charge is -2.12. The third-order valence-corrected chi connectivity index (χ3v) is 6.29. The lowest BCUT2D eigenvalue weighted by Crippen LogP contribution is -2.32. The highest BCUT2D eigenvalue weighted by molar-refractivity contribution is 7.12. The number of carbonyl (C=O) groups excluding carboxylic acids is 3. The summed E-state index contributed by atoms with van der Waals surface area (Å²) in [7, 11) is 3.88. The van der Waals surface area contributed by atoms with Crippen LogP contribution in [0.15, 0.2) is 107 Å². The van der Waals surface area contributed by atoms with Crippen molar-refractivity contribution in [1.82, 2.24) is 10.7 Å². The Balaban J connectivity index is 1.44. The molecule has 0 radical (unpaired) electrons. The Bertz CT molecular complexity index is 1480. The van der Waals surface area contributed by atoms with Gasteiger partial charge in [-0.2, -0.15) is 5.10 Å². The molecule has 1 heterocycles. The van der Waals surface area contributed by atoms with E-state index in [1.54, 1.807) is 72.1 Å². The number of nitrogens with one attached hydrogen (secondary N) is 2. The molecule has 0 unspecified atom stereocenters. The van der Waals surface area contributed by atoms with Crippen LogP contribution in [0, 0.1) is 0 Å². The first kappa shape index (κ1) is 27.0. The standard InChI is InChI=1S/C30H26N4O4S/c1-34(2)24-14-10-21(11-15-24)19-26(32-28(35)23-7-4-3-5-8-23)29(36)33-31-20-22-12-16-25(17-13-22)38-30(37)27-9-6-18-39-27/h3-20H,1-2H3,(H,32,35)(H,33,36)/b26-19-,31-20+. The zero-order valence-corrected chi connectivity index (χ0v) is 22.1. The molecular formula is C30H26N4O4S. The van der Waals surface area contributed by atoms with Crippen LogP contribution < -0.4 is 20.4 Å². The van der Waals surface area contributed by atoms with Crippen molar-refractivity contribution in [1.29, 1.82) is 0 Å². The Kier molecular flexibility index (Phi) is 8.99. The largest absolute Gasteiger partial charge is 0.422 e. The molecule has 0 aliphatic carbocycles. The average molecular weight is 539 g/mol. The van der Waals surface area contributed by atoms with E-state index >= 15 is 0 Å². The first-order valence-corrected chi connectivity index (χ1v) is 12.8. The van der Waals surface area contributed by atoms with Gasteiger partial charge in [0.15, 0.2) is 0 Å². The van der Waals surface area contributed by atoms with Gasteiger partial charge in [-0.25, -0.2) is 10.2 Å². The minimum Gasteiger partial charge on any atom is -0.422 e. The van der Waals surface area contributed by atoms with Gasteiger partial charge in [-0.15, -0.1) is 11.3 Å². The number of benzene rings is 3. The van der Waals surface area contributed by atoms with Crippen LogP contribution in [0.25, 0.3) is 6.08 Å². The minimum atomic E-state index is -0.589. The quantitative estimate of drug-likeness (QED) is 0.103. The van der Waals surface area contributed by atoms with Gasteiger partial charge in [0, 0.05) is 25.3 Å². The lowest BCUT2D eigenvalue weighted by atomic mass is 10.1. The van der Waals surface area contributed by atoms with Gasteiger partial charge < -0.3 is 15.0 Å². The van der Waals surface area contributed by atoms with Crippen LogP contribution in [0.3, 0.4) is 0 Å². The molecule has 4 aromatic rings. The van der Waals surface area contributed by atoms with Crippen molar-refractivity contribution in [3.05, 3.63) is 124 Å². The van der Waals surface area contributed by atoms with Crippen molar-refractivity contribution in [3.8, 4) is 5.75 Å². The molecule has 0 fully saturated rings. The number of nitrogens with zero attached hydrogens (tertiary/aromatic N) is 2. The summed E-state index contributed by atoms with van der Waals surface area (Å²) in [5.41, 5.74) is 5.32. The maximum absolute atomic E-state index is 13.0. The van der Waals surface area contributed by atoms with Crippen LogP contribution in [0.4, 0.5) is 5.69 Å². The van der Waals surface area contributed by atoms with E-state index in [1.807, 2.05) is 49.3 Å². The molecule has 196 valence electrons. The molecule has 0 bridgehead atoms. The van der Waals surface area contributed by atoms with Crippen LogP contribution >= 0.6 is 11.3 Å². The van der Waals surface area contributed by atoms with Gasteiger partial charge in [0.1, 0.15) is 16.3 Å². The van der Waals surface area contributed by atoms with Crippen molar-refractivity contribution < 1.29 is 19.1 Å². The highest BCUT2D eigenvalue weighted by Crippen LogP contribution is 2.17. The van der Waals surface area contributed by atoms with E-state index in [1.165, 1.54) is 17.6 Å². The van der Waals surface area contributed by atoms with Crippen molar-refractivity contribution >= 4 is 47.1 Å². The lowest BCUT2D eigenvalue weighted by molar-refractivity contribution is -0.117. The molecule has 0 saturated carbocycles. The highest BCUT2D eigenvalue weighted by Gasteiger charge is 2.14. The molecule has 9 heteroatoms. The second-order valence-electron chi connectivity index (χ2n) is 8.50. The van der Waals surface area contributed by atoms with E-state index in [0.717, 1.165) is 11.3 Å². The molecule has 1 aromatic heterocycles. The molecule has 0 atom stereocenters. The number of anilines is 1. The summed E-state index contributed by atoms with van der Waals surface area (Å²) in [6.07, 6.45) is 3.03. The molecule has 3 aromatic carbocycles. The second-order valence-corrected chi connectivity index (χ2v) is 9.45. The number of thiophene rings is 1. The fourth-order valence-electron chi connectivity index (χ4n) is 3.38. The second kappa shape index (κ2) is 13.0. The van der Waals surface area contributed by atoms with Gasteiger partial charge >= 0.3 is 5.97 Å². The summed E-state index contributed by atoms with van der Waals surface area (Å²) in [6, 6.07) is 26.3. The van der Waals surface area contributed by atoms with E-state index < -0.39 is 17.8 Å². The molecule has 2 N–H and O–H groups in total. The van der Waals surface area contributed by atoms with Crippen molar-refractivity contribution in [2.45, 2.75) is 0 Å². The molecule has 39 heavy (non-hydrogen) atoms. The van der Waals surface area contributed by atoms with Crippen LogP contribution in [0.2, 0.25) is 0 Å². The summed E-state index contributed by atoms with van der Waals surface area (Å²) >= 11 is 1.31. The number of rotatable bonds is 9. The predicted molar refractivity (Wildman–Crippen MR) is 154 cm³/mol. The average Bonchev–Trinajstić information content (AvgIpc) is 3.50. The number of hydrazone groups is 1. The first-order chi connectivity index (χ1) is 18.9. The summed E-state index contributed by atoms with van der Waals surface area (Å²) in [5, 5.41) is 8.51. The summed E-state index contributed by atoms with van der Waals surface area (Å²) in [4.78, 5) is 40.3. The minimum absolute atomic E-state index is 0.0365. The van der Waals surface area contributed by atoms with E-state index in [2.05, 4.69) is 15.8 Å². The molecule has 0 spiro atoms. The highest BCUT2D eigenvalue weighted by atomic mass is 32.1. The third kappa shape index (κ3) is 7.73. The van der Waals surface area contributed by atoms with E-state index in [9.17, 15) is 14.4 Å². The fraction of sp³-hybridized carbons (Fsp3) is 0.0667. The normalized spacial score (nSPS) is 11.2. The third-order valence-electron chi connectivity index (χ3n) is 5.44. The predicted octanol–water partition coefficient (Wildman–Crippen LogP) is 4.95. The van der Waals surface area contributed by atoms with E-state index in [4.69, 9.17) is 4.74 Å². The van der Waals surface area contributed by atoms with Crippen LogP contribution in [-0.2, 0) is 4.79 Å².